The van der Waals surface area contributed by atoms with E-state index in [0.29, 0.717) is 22.9 Å². The van der Waals surface area contributed by atoms with Crippen molar-refractivity contribution in [2.45, 2.75) is 26.3 Å². The number of ether oxygens (including phenoxy) is 1. The van der Waals surface area contributed by atoms with E-state index in [1.165, 1.54) is 0 Å². The SMILES string of the molecule is CC[C@H](C(=O)NCCOc1ccccc1Cl)N(c1ccc(C)cc1)S(C)(=O)=O. The van der Waals surface area contributed by atoms with Gasteiger partial charge in [-0.1, -0.05) is 48.4 Å². The molecule has 2 aromatic carbocycles. The molecule has 1 atom stereocenters. The van der Waals surface area contributed by atoms with Crippen LogP contribution in [-0.2, 0) is 14.8 Å². The maximum Gasteiger partial charge on any atom is 0.244 e. The molecule has 0 heterocycles. The van der Waals surface area contributed by atoms with Gasteiger partial charge in [-0.25, -0.2) is 8.42 Å². The average molecular weight is 425 g/mol. The number of hydrogen-bond acceptors (Lipinski definition) is 4. The predicted octanol–water partition coefficient (Wildman–Crippen LogP) is 3.39. The monoisotopic (exact) mass is 424 g/mol. The topological polar surface area (TPSA) is 75.7 Å². The van der Waals surface area contributed by atoms with Crippen molar-refractivity contribution in [2.24, 2.45) is 0 Å². The minimum Gasteiger partial charge on any atom is -0.490 e. The van der Waals surface area contributed by atoms with Crippen LogP contribution in [-0.4, -0.2) is 39.8 Å². The first-order valence-corrected chi connectivity index (χ1v) is 11.2. The molecule has 2 aromatic rings. The van der Waals surface area contributed by atoms with Crippen LogP contribution in [0.3, 0.4) is 0 Å². The normalized spacial score (nSPS) is 12.3. The van der Waals surface area contributed by atoms with Crippen LogP contribution in [0.2, 0.25) is 5.02 Å². The van der Waals surface area contributed by atoms with Gasteiger partial charge in [-0.2, -0.15) is 0 Å². The Kier molecular flexibility index (Phi) is 7.71. The molecule has 1 amide bonds. The Hall–Kier alpha value is -2.25. The van der Waals surface area contributed by atoms with Crippen molar-refractivity contribution in [1.82, 2.24) is 5.32 Å². The van der Waals surface area contributed by atoms with Gasteiger partial charge in [-0.05, 0) is 37.6 Å². The number of benzene rings is 2. The number of halogens is 1. The van der Waals surface area contributed by atoms with Crippen LogP contribution in [0.1, 0.15) is 18.9 Å². The minimum atomic E-state index is -3.64. The van der Waals surface area contributed by atoms with Crippen molar-refractivity contribution in [1.29, 1.82) is 0 Å². The molecule has 6 nitrogen and oxygen atoms in total. The van der Waals surface area contributed by atoms with Crippen LogP contribution < -0.4 is 14.4 Å². The van der Waals surface area contributed by atoms with E-state index < -0.39 is 16.1 Å². The summed E-state index contributed by atoms with van der Waals surface area (Å²) in [5.74, 6) is 0.152. The van der Waals surface area contributed by atoms with E-state index in [9.17, 15) is 13.2 Å². The second-order valence-electron chi connectivity index (χ2n) is 6.39. The van der Waals surface area contributed by atoms with E-state index in [4.69, 9.17) is 16.3 Å². The second-order valence-corrected chi connectivity index (χ2v) is 8.65. The van der Waals surface area contributed by atoms with Gasteiger partial charge >= 0.3 is 0 Å². The first-order valence-electron chi connectivity index (χ1n) is 8.95. The quantitative estimate of drug-likeness (QED) is 0.626. The lowest BCUT2D eigenvalue weighted by Crippen LogP contribution is -2.50. The lowest BCUT2D eigenvalue weighted by Gasteiger charge is -2.30. The van der Waals surface area contributed by atoms with Crippen LogP contribution in [0.15, 0.2) is 48.5 Å². The lowest BCUT2D eigenvalue weighted by atomic mass is 10.1. The van der Waals surface area contributed by atoms with Crippen molar-refractivity contribution in [3.8, 4) is 5.75 Å². The highest BCUT2D eigenvalue weighted by atomic mass is 35.5. The van der Waals surface area contributed by atoms with E-state index in [1.54, 1.807) is 43.3 Å². The molecule has 0 saturated carbocycles. The molecule has 0 radical (unpaired) electrons. The van der Waals surface area contributed by atoms with Crippen LogP contribution in [0.4, 0.5) is 5.69 Å². The summed E-state index contributed by atoms with van der Waals surface area (Å²) in [6.07, 6.45) is 1.43. The Morgan fingerprint density at radius 1 is 1.18 bits per heavy atom. The van der Waals surface area contributed by atoms with Gasteiger partial charge in [0.05, 0.1) is 23.5 Å². The minimum absolute atomic E-state index is 0.218. The number of nitrogens with one attached hydrogen (secondary N) is 1. The third kappa shape index (κ3) is 5.87. The molecule has 152 valence electrons. The van der Waals surface area contributed by atoms with Crippen LogP contribution in [0.5, 0.6) is 5.75 Å². The summed E-state index contributed by atoms with van der Waals surface area (Å²) in [6.45, 7) is 4.13. The number of aryl methyl sites for hydroxylation is 1. The number of sulfonamides is 1. The zero-order valence-corrected chi connectivity index (χ0v) is 17.8. The molecule has 0 aliphatic heterocycles. The molecule has 0 aliphatic rings. The standard InChI is InChI=1S/C20H25ClN2O4S/c1-4-18(23(28(3,25)26)16-11-9-15(2)10-12-16)20(24)22-13-14-27-19-8-6-5-7-17(19)21/h5-12,18H,4,13-14H2,1-3H3,(H,22,24)/t18-/m1/s1. The molecule has 1 N–H and O–H groups in total. The van der Waals surface area contributed by atoms with E-state index in [0.717, 1.165) is 16.1 Å². The highest BCUT2D eigenvalue weighted by molar-refractivity contribution is 7.92. The average Bonchev–Trinajstić information content (AvgIpc) is 2.64. The molecule has 0 aromatic heterocycles. The second kappa shape index (κ2) is 9.80. The number of rotatable bonds is 9. The summed E-state index contributed by atoms with van der Waals surface area (Å²) in [6, 6.07) is 13.2. The molecule has 0 aliphatic carbocycles. The summed E-state index contributed by atoms with van der Waals surface area (Å²) in [4.78, 5) is 12.7. The molecule has 0 unspecified atom stereocenters. The number of hydrogen-bond donors (Lipinski definition) is 1. The fraction of sp³-hybridized carbons (Fsp3) is 0.350. The van der Waals surface area contributed by atoms with Gasteiger partial charge in [0, 0.05) is 0 Å². The van der Waals surface area contributed by atoms with Crippen molar-refractivity contribution in [2.75, 3.05) is 23.7 Å². The molecule has 2 rings (SSSR count). The Morgan fingerprint density at radius 2 is 1.82 bits per heavy atom. The van der Waals surface area contributed by atoms with Gasteiger partial charge < -0.3 is 10.1 Å². The third-order valence-corrected chi connectivity index (χ3v) is 5.61. The Labute approximate surface area is 171 Å². The lowest BCUT2D eigenvalue weighted by molar-refractivity contribution is -0.122. The summed E-state index contributed by atoms with van der Waals surface area (Å²) < 4.78 is 31.5. The van der Waals surface area contributed by atoms with E-state index >= 15 is 0 Å². The molecule has 0 fully saturated rings. The highest BCUT2D eigenvalue weighted by Gasteiger charge is 2.31. The molecular weight excluding hydrogens is 400 g/mol. The third-order valence-electron chi connectivity index (χ3n) is 4.11. The first-order chi connectivity index (χ1) is 13.2. The van der Waals surface area contributed by atoms with Crippen molar-refractivity contribution in [3.05, 3.63) is 59.1 Å². The van der Waals surface area contributed by atoms with E-state index in [1.807, 2.05) is 19.1 Å². The summed E-state index contributed by atoms with van der Waals surface area (Å²) in [7, 11) is -3.64. The van der Waals surface area contributed by atoms with Crippen LogP contribution in [0.25, 0.3) is 0 Å². The number of nitrogens with zero attached hydrogens (tertiary/aromatic N) is 1. The number of carbonyl (C=O) groups is 1. The highest BCUT2D eigenvalue weighted by Crippen LogP contribution is 2.24. The number of anilines is 1. The molecule has 8 heteroatoms. The van der Waals surface area contributed by atoms with Gasteiger partial charge in [0.2, 0.25) is 15.9 Å². The molecular formula is C20H25ClN2O4S. The molecule has 0 saturated heterocycles. The van der Waals surface area contributed by atoms with Gasteiger partial charge in [-0.15, -0.1) is 0 Å². The maximum atomic E-state index is 12.7. The van der Waals surface area contributed by atoms with Gasteiger partial charge in [0.15, 0.2) is 0 Å². The smallest absolute Gasteiger partial charge is 0.244 e. The van der Waals surface area contributed by atoms with Crippen molar-refractivity contribution in [3.63, 3.8) is 0 Å². The molecule has 0 spiro atoms. The summed E-state index contributed by atoms with van der Waals surface area (Å²) >= 11 is 6.02. The van der Waals surface area contributed by atoms with Crippen molar-refractivity contribution >= 4 is 33.2 Å². The summed E-state index contributed by atoms with van der Waals surface area (Å²) in [5.41, 5.74) is 1.47. The Morgan fingerprint density at radius 3 is 2.39 bits per heavy atom. The predicted molar refractivity (Wildman–Crippen MR) is 113 cm³/mol. The fourth-order valence-corrected chi connectivity index (χ4v) is 4.17. The Balaban J connectivity index is 2.05. The zero-order chi connectivity index (χ0) is 20.7. The molecule has 0 bridgehead atoms. The summed E-state index contributed by atoms with van der Waals surface area (Å²) in [5, 5.41) is 3.23. The fourth-order valence-electron chi connectivity index (χ4n) is 2.77. The van der Waals surface area contributed by atoms with Crippen molar-refractivity contribution < 1.29 is 17.9 Å². The maximum absolute atomic E-state index is 12.7. The van der Waals surface area contributed by atoms with Crippen LogP contribution >= 0.6 is 11.6 Å². The Bertz CT molecular complexity index is 901. The van der Waals surface area contributed by atoms with Gasteiger partial charge in [0.1, 0.15) is 18.4 Å². The van der Waals surface area contributed by atoms with E-state index in [2.05, 4.69) is 5.32 Å². The number of amides is 1. The molecule has 28 heavy (non-hydrogen) atoms. The first kappa shape index (κ1) is 22.0. The van der Waals surface area contributed by atoms with Gasteiger partial charge in [0.25, 0.3) is 0 Å². The zero-order valence-electron chi connectivity index (χ0n) is 16.2. The largest absolute Gasteiger partial charge is 0.490 e. The van der Waals surface area contributed by atoms with E-state index in [-0.39, 0.29) is 19.1 Å². The number of para-hydroxylation sites is 1. The van der Waals surface area contributed by atoms with Gasteiger partial charge in [-0.3, -0.25) is 9.10 Å². The van der Waals surface area contributed by atoms with Crippen LogP contribution in [0, 0.1) is 6.92 Å². The number of carbonyl (C=O) groups excluding carboxylic acids is 1.